The van der Waals surface area contributed by atoms with Gasteiger partial charge in [0.05, 0.1) is 23.4 Å². The van der Waals surface area contributed by atoms with E-state index in [4.69, 9.17) is 4.74 Å². The highest BCUT2D eigenvalue weighted by Crippen LogP contribution is 2.33. The van der Waals surface area contributed by atoms with E-state index >= 15 is 0 Å². The SMILES string of the molecule is COc1ccc(-c2cn3ccc(C)cc3n2)cc1NS(=O)(=O)c1cccc2ccccc12. The van der Waals surface area contributed by atoms with Crippen LogP contribution in [0.3, 0.4) is 0 Å². The molecule has 0 atom stereocenters. The summed E-state index contributed by atoms with van der Waals surface area (Å²) in [4.78, 5) is 4.90. The number of imidazole rings is 1. The van der Waals surface area contributed by atoms with E-state index in [2.05, 4.69) is 9.71 Å². The Labute approximate surface area is 186 Å². The van der Waals surface area contributed by atoms with E-state index in [1.54, 1.807) is 30.3 Å². The summed E-state index contributed by atoms with van der Waals surface area (Å²) in [5.74, 6) is 0.428. The lowest BCUT2D eigenvalue weighted by molar-refractivity contribution is 0.417. The molecule has 0 saturated heterocycles. The van der Waals surface area contributed by atoms with Gasteiger partial charge in [-0.1, -0.05) is 36.4 Å². The van der Waals surface area contributed by atoms with Crippen molar-refractivity contribution in [3.8, 4) is 17.0 Å². The van der Waals surface area contributed by atoms with Gasteiger partial charge >= 0.3 is 0 Å². The molecule has 5 rings (SSSR count). The molecule has 2 aromatic heterocycles. The van der Waals surface area contributed by atoms with E-state index in [-0.39, 0.29) is 4.90 Å². The Bertz CT molecular complexity index is 1570. The van der Waals surface area contributed by atoms with Crippen LogP contribution in [0.4, 0.5) is 5.69 Å². The van der Waals surface area contributed by atoms with Crippen LogP contribution in [-0.2, 0) is 10.0 Å². The molecule has 0 unspecified atom stereocenters. The quantitative estimate of drug-likeness (QED) is 0.402. The molecule has 0 aliphatic heterocycles. The Morgan fingerprint density at radius 3 is 2.62 bits per heavy atom. The molecule has 5 aromatic rings. The minimum Gasteiger partial charge on any atom is -0.495 e. The summed E-state index contributed by atoms with van der Waals surface area (Å²) in [6, 6.07) is 22.0. The second-order valence-electron chi connectivity index (χ2n) is 7.59. The Kier molecular flexibility index (Phi) is 4.83. The van der Waals surface area contributed by atoms with Gasteiger partial charge in [0.1, 0.15) is 11.4 Å². The molecule has 32 heavy (non-hydrogen) atoms. The lowest BCUT2D eigenvalue weighted by Crippen LogP contribution is -2.14. The number of methoxy groups -OCH3 is 1. The number of anilines is 1. The Hall–Kier alpha value is -3.84. The van der Waals surface area contributed by atoms with Crippen molar-refractivity contribution in [2.24, 2.45) is 0 Å². The van der Waals surface area contributed by atoms with E-state index < -0.39 is 10.0 Å². The van der Waals surface area contributed by atoms with Crippen LogP contribution < -0.4 is 9.46 Å². The molecule has 1 N–H and O–H groups in total. The maximum atomic E-state index is 13.3. The number of fused-ring (bicyclic) bond motifs is 2. The van der Waals surface area contributed by atoms with Gasteiger partial charge in [-0.2, -0.15) is 0 Å². The predicted molar refractivity (Wildman–Crippen MR) is 127 cm³/mol. The van der Waals surface area contributed by atoms with E-state index in [0.717, 1.165) is 27.9 Å². The highest BCUT2D eigenvalue weighted by Gasteiger charge is 2.20. The number of aryl methyl sites for hydroxylation is 1. The van der Waals surface area contributed by atoms with Gasteiger partial charge in [-0.15, -0.1) is 0 Å². The first-order chi connectivity index (χ1) is 15.4. The fraction of sp³-hybridized carbons (Fsp3) is 0.0800. The van der Waals surface area contributed by atoms with Crippen LogP contribution in [0.1, 0.15) is 5.56 Å². The Balaban J connectivity index is 1.58. The molecule has 0 aliphatic rings. The third-order valence-electron chi connectivity index (χ3n) is 5.39. The number of hydrogen-bond acceptors (Lipinski definition) is 4. The monoisotopic (exact) mass is 443 g/mol. The molecule has 160 valence electrons. The summed E-state index contributed by atoms with van der Waals surface area (Å²) in [7, 11) is -2.35. The average molecular weight is 444 g/mol. The second-order valence-corrected chi connectivity index (χ2v) is 9.24. The summed E-state index contributed by atoms with van der Waals surface area (Å²) in [5.41, 5.74) is 3.82. The summed E-state index contributed by atoms with van der Waals surface area (Å²) >= 11 is 0. The van der Waals surface area contributed by atoms with Crippen LogP contribution >= 0.6 is 0 Å². The second kappa shape index (κ2) is 7.69. The largest absolute Gasteiger partial charge is 0.495 e. The first kappa shape index (κ1) is 20.1. The lowest BCUT2D eigenvalue weighted by Gasteiger charge is -2.14. The number of nitrogens with zero attached hydrogens (tertiary/aromatic N) is 2. The number of pyridine rings is 1. The Morgan fingerprint density at radius 2 is 1.78 bits per heavy atom. The molecular weight excluding hydrogens is 422 g/mol. The van der Waals surface area contributed by atoms with Gasteiger partial charge in [-0.05, 0) is 54.3 Å². The Morgan fingerprint density at radius 1 is 0.969 bits per heavy atom. The maximum absolute atomic E-state index is 13.3. The fourth-order valence-electron chi connectivity index (χ4n) is 3.80. The number of hydrogen-bond donors (Lipinski definition) is 1. The van der Waals surface area contributed by atoms with Crippen LogP contribution in [0.25, 0.3) is 27.7 Å². The van der Waals surface area contributed by atoms with Crippen LogP contribution in [0.2, 0.25) is 0 Å². The molecule has 0 bridgehead atoms. The lowest BCUT2D eigenvalue weighted by atomic mass is 10.1. The van der Waals surface area contributed by atoms with Gasteiger partial charge in [0.25, 0.3) is 10.0 Å². The van der Waals surface area contributed by atoms with Crippen LogP contribution in [0.5, 0.6) is 5.75 Å². The summed E-state index contributed by atoms with van der Waals surface area (Å²) in [5, 5.41) is 1.52. The van der Waals surface area contributed by atoms with E-state index in [1.807, 2.05) is 66.2 Å². The number of benzene rings is 3. The number of rotatable bonds is 5. The molecule has 2 heterocycles. The number of sulfonamides is 1. The van der Waals surface area contributed by atoms with Crippen molar-refractivity contribution in [2.75, 3.05) is 11.8 Å². The minimum absolute atomic E-state index is 0.214. The standard InChI is InChI=1S/C25H21N3O3S/c1-17-12-13-28-16-22(26-25(28)14-17)19-10-11-23(31-2)21(15-19)27-32(29,30)24-9-5-7-18-6-3-4-8-20(18)24/h3-16,27H,1-2H3. The van der Waals surface area contributed by atoms with Gasteiger partial charge in [0.15, 0.2) is 0 Å². The highest BCUT2D eigenvalue weighted by molar-refractivity contribution is 7.93. The third kappa shape index (κ3) is 3.56. The van der Waals surface area contributed by atoms with Gasteiger partial charge in [0.2, 0.25) is 0 Å². The van der Waals surface area contributed by atoms with E-state index in [0.29, 0.717) is 16.8 Å². The van der Waals surface area contributed by atoms with Crippen molar-refractivity contribution in [3.05, 3.63) is 90.8 Å². The fourth-order valence-corrected chi connectivity index (χ4v) is 5.09. The van der Waals surface area contributed by atoms with Crippen molar-refractivity contribution in [2.45, 2.75) is 11.8 Å². The zero-order valence-corrected chi connectivity index (χ0v) is 18.4. The van der Waals surface area contributed by atoms with Gasteiger partial charge in [0, 0.05) is 23.3 Å². The molecule has 0 aliphatic carbocycles. The average Bonchev–Trinajstić information content (AvgIpc) is 3.21. The zero-order chi connectivity index (χ0) is 22.3. The molecule has 0 radical (unpaired) electrons. The summed E-state index contributed by atoms with van der Waals surface area (Å²) < 4.78 is 36.7. The van der Waals surface area contributed by atoms with Crippen LogP contribution in [-0.4, -0.2) is 24.9 Å². The van der Waals surface area contributed by atoms with Gasteiger partial charge < -0.3 is 9.14 Å². The van der Waals surface area contributed by atoms with Crippen molar-refractivity contribution in [3.63, 3.8) is 0 Å². The first-order valence-electron chi connectivity index (χ1n) is 10.1. The van der Waals surface area contributed by atoms with Crippen molar-refractivity contribution < 1.29 is 13.2 Å². The summed E-state index contributed by atoms with van der Waals surface area (Å²) in [6.07, 6.45) is 3.87. The van der Waals surface area contributed by atoms with Gasteiger partial charge in [-0.3, -0.25) is 4.72 Å². The van der Waals surface area contributed by atoms with Crippen LogP contribution in [0, 0.1) is 6.92 Å². The van der Waals surface area contributed by atoms with Crippen LogP contribution in [0.15, 0.2) is 90.1 Å². The number of ether oxygens (including phenoxy) is 1. The normalized spacial score (nSPS) is 11.7. The van der Waals surface area contributed by atoms with Crippen molar-refractivity contribution in [1.29, 1.82) is 0 Å². The number of nitrogens with one attached hydrogen (secondary N) is 1. The molecule has 7 heteroatoms. The number of aromatic nitrogens is 2. The van der Waals surface area contributed by atoms with E-state index in [1.165, 1.54) is 7.11 Å². The van der Waals surface area contributed by atoms with Gasteiger partial charge in [-0.25, -0.2) is 13.4 Å². The predicted octanol–water partition coefficient (Wildman–Crippen LogP) is 5.27. The molecule has 0 spiro atoms. The highest BCUT2D eigenvalue weighted by atomic mass is 32.2. The summed E-state index contributed by atoms with van der Waals surface area (Å²) in [6.45, 7) is 2.02. The van der Waals surface area contributed by atoms with E-state index in [9.17, 15) is 8.42 Å². The molecule has 0 fully saturated rings. The van der Waals surface area contributed by atoms with Crippen molar-refractivity contribution >= 4 is 32.1 Å². The topological polar surface area (TPSA) is 72.7 Å². The zero-order valence-electron chi connectivity index (χ0n) is 17.6. The molecule has 0 saturated carbocycles. The molecular formula is C25H21N3O3S. The molecule has 3 aromatic carbocycles. The third-order valence-corrected chi connectivity index (χ3v) is 6.82. The smallest absolute Gasteiger partial charge is 0.262 e. The minimum atomic E-state index is -3.86. The van der Waals surface area contributed by atoms with Crippen molar-refractivity contribution in [1.82, 2.24) is 9.38 Å². The maximum Gasteiger partial charge on any atom is 0.262 e. The molecule has 0 amide bonds. The molecule has 6 nitrogen and oxygen atoms in total. The first-order valence-corrected chi connectivity index (χ1v) is 11.6.